The summed E-state index contributed by atoms with van der Waals surface area (Å²) >= 11 is 3.32. The number of anilines is 1. The van der Waals surface area contributed by atoms with Gasteiger partial charge in [-0.15, -0.1) is 0 Å². The van der Waals surface area contributed by atoms with Crippen LogP contribution in [0.5, 0.6) is 0 Å². The standard InChI is InChI=1S/C13H18BrN5O/c14-10-8-16-12(17-9-10)19-6-4-18(5-7-19)11(20)13(15)2-1-3-13/h8-9H,1-7,15H2. The molecule has 20 heavy (non-hydrogen) atoms. The Labute approximate surface area is 126 Å². The number of carbonyl (C=O) groups is 1. The van der Waals surface area contributed by atoms with Gasteiger partial charge in [0, 0.05) is 38.6 Å². The molecule has 1 aliphatic carbocycles. The molecule has 1 saturated carbocycles. The molecule has 6 nitrogen and oxygen atoms in total. The lowest BCUT2D eigenvalue weighted by atomic mass is 9.76. The maximum absolute atomic E-state index is 12.3. The lowest BCUT2D eigenvalue weighted by molar-refractivity contribution is -0.140. The van der Waals surface area contributed by atoms with Crippen LogP contribution in [0.2, 0.25) is 0 Å². The Bertz CT molecular complexity index is 494. The number of rotatable bonds is 2. The fourth-order valence-corrected chi connectivity index (χ4v) is 2.87. The smallest absolute Gasteiger partial charge is 0.242 e. The van der Waals surface area contributed by atoms with Crippen molar-refractivity contribution in [1.82, 2.24) is 14.9 Å². The van der Waals surface area contributed by atoms with Gasteiger partial charge in [0.15, 0.2) is 0 Å². The normalized spacial score (nSPS) is 21.5. The van der Waals surface area contributed by atoms with Gasteiger partial charge in [0.05, 0.1) is 10.0 Å². The van der Waals surface area contributed by atoms with E-state index in [0.717, 1.165) is 36.8 Å². The maximum Gasteiger partial charge on any atom is 0.242 e. The zero-order valence-electron chi connectivity index (χ0n) is 11.3. The molecule has 2 heterocycles. The number of piperazine rings is 1. The molecule has 1 saturated heterocycles. The topological polar surface area (TPSA) is 75.4 Å². The minimum Gasteiger partial charge on any atom is -0.338 e. The monoisotopic (exact) mass is 339 g/mol. The number of aromatic nitrogens is 2. The molecule has 1 aromatic rings. The van der Waals surface area contributed by atoms with Crippen molar-refractivity contribution in [2.75, 3.05) is 31.1 Å². The molecule has 0 unspecified atom stereocenters. The third-order valence-electron chi connectivity index (χ3n) is 4.13. The second-order valence-corrected chi connectivity index (χ2v) is 6.41. The number of hydrogen-bond donors (Lipinski definition) is 1. The summed E-state index contributed by atoms with van der Waals surface area (Å²) in [5.74, 6) is 0.825. The van der Waals surface area contributed by atoms with Gasteiger partial charge < -0.3 is 15.5 Å². The van der Waals surface area contributed by atoms with Crippen LogP contribution in [0.1, 0.15) is 19.3 Å². The number of amides is 1. The molecule has 2 aliphatic rings. The van der Waals surface area contributed by atoms with E-state index in [1.807, 2.05) is 4.90 Å². The van der Waals surface area contributed by atoms with Crippen molar-refractivity contribution in [1.29, 1.82) is 0 Å². The first-order chi connectivity index (χ1) is 9.58. The summed E-state index contributed by atoms with van der Waals surface area (Å²) in [5.41, 5.74) is 5.52. The van der Waals surface area contributed by atoms with Gasteiger partial charge in [-0.1, -0.05) is 0 Å². The average Bonchev–Trinajstić information content (AvgIpc) is 2.45. The van der Waals surface area contributed by atoms with Gasteiger partial charge >= 0.3 is 0 Å². The van der Waals surface area contributed by atoms with E-state index < -0.39 is 5.54 Å². The largest absolute Gasteiger partial charge is 0.338 e. The fraction of sp³-hybridized carbons (Fsp3) is 0.615. The number of carbonyl (C=O) groups excluding carboxylic acids is 1. The van der Waals surface area contributed by atoms with Crippen molar-refractivity contribution >= 4 is 27.8 Å². The van der Waals surface area contributed by atoms with Gasteiger partial charge in [0.2, 0.25) is 11.9 Å². The molecule has 2 fully saturated rings. The van der Waals surface area contributed by atoms with E-state index in [9.17, 15) is 4.79 Å². The Balaban J connectivity index is 1.59. The highest BCUT2D eigenvalue weighted by Crippen LogP contribution is 2.31. The molecule has 1 amide bonds. The van der Waals surface area contributed by atoms with Gasteiger partial charge in [-0.05, 0) is 35.2 Å². The molecule has 108 valence electrons. The Morgan fingerprint density at radius 2 is 1.80 bits per heavy atom. The Hall–Kier alpha value is -1.21. The van der Waals surface area contributed by atoms with Gasteiger partial charge in [-0.25, -0.2) is 9.97 Å². The molecule has 1 aromatic heterocycles. The number of nitrogens with two attached hydrogens (primary N) is 1. The molecule has 1 aliphatic heterocycles. The van der Waals surface area contributed by atoms with E-state index in [1.165, 1.54) is 0 Å². The quantitative estimate of drug-likeness (QED) is 0.861. The SMILES string of the molecule is NC1(C(=O)N2CCN(c3ncc(Br)cn3)CC2)CCC1. The van der Waals surface area contributed by atoms with Crippen LogP contribution < -0.4 is 10.6 Å². The Morgan fingerprint density at radius 1 is 1.20 bits per heavy atom. The molecule has 0 atom stereocenters. The second-order valence-electron chi connectivity index (χ2n) is 5.49. The van der Waals surface area contributed by atoms with Gasteiger partial charge in [0.25, 0.3) is 0 Å². The average molecular weight is 340 g/mol. The van der Waals surface area contributed by atoms with Crippen LogP contribution in [0.3, 0.4) is 0 Å². The van der Waals surface area contributed by atoms with E-state index >= 15 is 0 Å². The number of halogens is 1. The molecule has 7 heteroatoms. The molecular formula is C13H18BrN5O. The minimum atomic E-state index is -0.587. The first-order valence-electron chi connectivity index (χ1n) is 6.89. The fourth-order valence-electron chi connectivity index (χ4n) is 2.66. The van der Waals surface area contributed by atoms with Gasteiger partial charge in [-0.2, -0.15) is 0 Å². The molecule has 0 spiro atoms. The van der Waals surface area contributed by atoms with Crippen molar-refractivity contribution < 1.29 is 4.79 Å². The highest BCUT2D eigenvalue weighted by Gasteiger charge is 2.43. The van der Waals surface area contributed by atoms with Crippen LogP contribution in [-0.2, 0) is 4.79 Å². The van der Waals surface area contributed by atoms with Crippen LogP contribution in [0.4, 0.5) is 5.95 Å². The van der Waals surface area contributed by atoms with Crippen LogP contribution in [-0.4, -0.2) is 52.5 Å². The van der Waals surface area contributed by atoms with Crippen molar-refractivity contribution in [3.63, 3.8) is 0 Å². The van der Waals surface area contributed by atoms with Crippen LogP contribution in [0, 0.1) is 0 Å². The van der Waals surface area contributed by atoms with Crippen molar-refractivity contribution in [3.05, 3.63) is 16.9 Å². The molecule has 2 N–H and O–H groups in total. The van der Waals surface area contributed by atoms with Crippen molar-refractivity contribution in [2.45, 2.75) is 24.8 Å². The zero-order valence-corrected chi connectivity index (χ0v) is 12.8. The highest BCUT2D eigenvalue weighted by molar-refractivity contribution is 9.10. The van der Waals surface area contributed by atoms with E-state index in [4.69, 9.17) is 5.73 Å². The predicted molar refractivity (Wildman–Crippen MR) is 79.3 cm³/mol. The first-order valence-corrected chi connectivity index (χ1v) is 7.68. The highest BCUT2D eigenvalue weighted by atomic mass is 79.9. The molecule has 0 bridgehead atoms. The van der Waals surface area contributed by atoms with Crippen molar-refractivity contribution in [3.8, 4) is 0 Å². The second kappa shape index (κ2) is 5.29. The zero-order chi connectivity index (χ0) is 14.2. The van der Waals surface area contributed by atoms with Crippen LogP contribution >= 0.6 is 15.9 Å². The maximum atomic E-state index is 12.3. The predicted octanol–water partition coefficient (Wildman–Crippen LogP) is 0.769. The first kappa shape index (κ1) is 13.8. The molecule has 0 aromatic carbocycles. The summed E-state index contributed by atoms with van der Waals surface area (Å²) < 4.78 is 0.866. The lowest BCUT2D eigenvalue weighted by Crippen LogP contribution is -2.62. The third kappa shape index (κ3) is 2.52. The van der Waals surface area contributed by atoms with E-state index in [0.29, 0.717) is 19.0 Å². The van der Waals surface area contributed by atoms with Gasteiger partial charge in [0.1, 0.15) is 0 Å². The third-order valence-corrected chi connectivity index (χ3v) is 4.54. The molecule has 0 radical (unpaired) electrons. The number of nitrogens with zero attached hydrogens (tertiary/aromatic N) is 4. The number of hydrogen-bond acceptors (Lipinski definition) is 5. The van der Waals surface area contributed by atoms with Crippen molar-refractivity contribution in [2.24, 2.45) is 5.73 Å². The molecule has 3 rings (SSSR count). The summed E-state index contributed by atoms with van der Waals surface area (Å²) in [5, 5.41) is 0. The summed E-state index contributed by atoms with van der Waals surface area (Å²) in [4.78, 5) is 24.9. The van der Waals surface area contributed by atoms with Crippen LogP contribution in [0.15, 0.2) is 16.9 Å². The van der Waals surface area contributed by atoms with E-state index in [2.05, 4.69) is 30.8 Å². The lowest BCUT2D eigenvalue weighted by Gasteiger charge is -2.43. The summed E-state index contributed by atoms with van der Waals surface area (Å²) in [6.45, 7) is 2.89. The Kier molecular flexibility index (Phi) is 3.64. The molecular weight excluding hydrogens is 322 g/mol. The summed E-state index contributed by atoms with van der Waals surface area (Å²) in [6.07, 6.45) is 6.19. The minimum absolute atomic E-state index is 0.111. The van der Waals surface area contributed by atoms with Crippen LogP contribution in [0.25, 0.3) is 0 Å². The summed E-state index contributed by atoms with van der Waals surface area (Å²) in [7, 11) is 0. The van der Waals surface area contributed by atoms with E-state index in [-0.39, 0.29) is 5.91 Å². The van der Waals surface area contributed by atoms with Gasteiger partial charge in [-0.3, -0.25) is 4.79 Å². The van der Waals surface area contributed by atoms with E-state index in [1.54, 1.807) is 12.4 Å². The Morgan fingerprint density at radius 3 is 2.30 bits per heavy atom. The summed E-state index contributed by atoms with van der Waals surface area (Å²) in [6, 6.07) is 0.